The molecule has 2 rings (SSSR count). The van der Waals surface area contributed by atoms with Crippen LogP contribution < -0.4 is 5.73 Å². The zero-order valence-corrected chi connectivity index (χ0v) is 12.0. The molecular weight excluding hydrogens is 317 g/mol. The van der Waals surface area contributed by atoms with Crippen LogP contribution in [0.5, 0.6) is 0 Å². The van der Waals surface area contributed by atoms with Crippen LogP contribution in [0.4, 0.5) is 13.2 Å². The number of halogens is 4. The molecule has 0 aliphatic carbocycles. The van der Waals surface area contributed by atoms with E-state index in [2.05, 4.69) is 0 Å². The molecule has 0 spiro atoms. The predicted octanol–water partition coefficient (Wildman–Crippen LogP) is 1.64. The molecule has 9 heteroatoms. The quantitative estimate of drug-likeness (QED) is 0.857. The van der Waals surface area contributed by atoms with Gasteiger partial charge in [-0.2, -0.15) is 4.31 Å². The molecule has 0 bridgehead atoms. The first-order valence-electron chi connectivity index (χ1n) is 5.74. The standard InChI is InChI=1S/C11H13F3N2O2S.ClH/c12-8-4-10(14)11(5-9(8)13)19(17,18)16-3-1-2-7(16)6-15;/h4-5,7H,1-3,6,15H2;1H. The minimum absolute atomic E-state index is 0. The third-order valence-electron chi connectivity index (χ3n) is 3.16. The van der Waals surface area contributed by atoms with Crippen molar-refractivity contribution in [3.05, 3.63) is 29.6 Å². The fraction of sp³-hybridized carbons (Fsp3) is 0.455. The highest BCUT2D eigenvalue weighted by Gasteiger charge is 2.36. The average molecular weight is 331 g/mol. The molecule has 114 valence electrons. The van der Waals surface area contributed by atoms with Gasteiger partial charge in [0.2, 0.25) is 10.0 Å². The topological polar surface area (TPSA) is 63.4 Å². The van der Waals surface area contributed by atoms with Gasteiger partial charge < -0.3 is 5.73 Å². The monoisotopic (exact) mass is 330 g/mol. The number of hydrogen-bond acceptors (Lipinski definition) is 3. The van der Waals surface area contributed by atoms with Crippen molar-refractivity contribution in [3.63, 3.8) is 0 Å². The maximum atomic E-state index is 13.6. The van der Waals surface area contributed by atoms with Crippen LogP contribution >= 0.6 is 12.4 Å². The molecule has 1 aromatic rings. The first kappa shape index (κ1) is 17.2. The Labute approximate surface area is 121 Å². The second-order valence-corrected chi connectivity index (χ2v) is 6.20. The van der Waals surface area contributed by atoms with Crippen molar-refractivity contribution in [1.29, 1.82) is 0 Å². The van der Waals surface area contributed by atoms with E-state index >= 15 is 0 Å². The van der Waals surface area contributed by atoms with E-state index in [1.807, 2.05) is 0 Å². The lowest BCUT2D eigenvalue weighted by Gasteiger charge is -2.23. The molecule has 1 unspecified atom stereocenters. The first-order chi connectivity index (χ1) is 8.87. The van der Waals surface area contributed by atoms with Crippen molar-refractivity contribution in [2.24, 2.45) is 5.73 Å². The Morgan fingerprint density at radius 3 is 2.40 bits per heavy atom. The summed E-state index contributed by atoms with van der Waals surface area (Å²) in [5.41, 5.74) is 5.46. The van der Waals surface area contributed by atoms with Gasteiger partial charge in [-0.1, -0.05) is 0 Å². The lowest BCUT2D eigenvalue weighted by molar-refractivity contribution is 0.388. The van der Waals surface area contributed by atoms with Gasteiger partial charge in [0, 0.05) is 25.2 Å². The maximum absolute atomic E-state index is 13.6. The smallest absolute Gasteiger partial charge is 0.246 e. The van der Waals surface area contributed by atoms with Crippen molar-refractivity contribution in [1.82, 2.24) is 4.31 Å². The summed E-state index contributed by atoms with van der Waals surface area (Å²) in [4.78, 5) is -0.855. The number of nitrogens with two attached hydrogens (primary N) is 1. The molecule has 0 saturated carbocycles. The fourth-order valence-corrected chi connectivity index (χ4v) is 3.95. The number of hydrogen-bond donors (Lipinski definition) is 1. The van der Waals surface area contributed by atoms with Crippen LogP contribution in [0.25, 0.3) is 0 Å². The maximum Gasteiger partial charge on any atom is 0.246 e. The Morgan fingerprint density at radius 2 is 1.80 bits per heavy atom. The number of benzene rings is 1. The number of sulfonamides is 1. The molecule has 2 N–H and O–H groups in total. The Balaban J connectivity index is 0.00000200. The van der Waals surface area contributed by atoms with Gasteiger partial charge in [0.05, 0.1) is 0 Å². The molecule has 1 heterocycles. The van der Waals surface area contributed by atoms with E-state index in [-0.39, 0.29) is 31.6 Å². The summed E-state index contributed by atoms with van der Waals surface area (Å²) < 4.78 is 65.0. The van der Waals surface area contributed by atoms with Gasteiger partial charge in [0.15, 0.2) is 11.6 Å². The van der Waals surface area contributed by atoms with Crippen LogP contribution in [0, 0.1) is 17.5 Å². The van der Waals surface area contributed by atoms with Crippen molar-refractivity contribution in [2.45, 2.75) is 23.8 Å². The lowest BCUT2D eigenvalue weighted by atomic mass is 10.2. The van der Waals surface area contributed by atoms with E-state index in [9.17, 15) is 21.6 Å². The fourth-order valence-electron chi connectivity index (χ4n) is 2.19. The van der Waals surface area contributed by atoms with Gasteiger partial charge in [-0.25, -0.2) is 21.6 Å². The van der Waals surface area contributed by atoms with E-state index in [1.54, 1.807) is 0 Å². The van der Waals surface area contributed by atoms with Crippen LogP contribution in [0.2, 0.25) is 0 Å². The summed E-state index contributed by atoms with van der Waals surface area (Å²) in [5.74, 6) is -4.13. The van der Waals surface area contributed by atoms with Gasteiger partial charge in [-0.3, -0.25) is 0 Å². The first-order valence-corrected chi connectivity index (χ1v) is 7.18. The average Bonchev–Trinajstić information content (AvgIpc) is 2.82. The Kier molecular flexibility index (Phi) is 5.42. The summed E-state index contributed by atoms with van der Waals surface area (Å²) in [6.07, 6.45) is 1.17. The zero-order valence-electron chi connectivity index (χ0n) is 10.4. The highest BCUT2D eigenvalue weighted by molar-refractivity contribution is 7.89. The molecule has 0 amide bonds. The molecule has 4 nitrogen and oxygen atoms in total. The number of rotatable bonds is 3. The second-order valence-electron chi connectivity index (χ2n) is 4.34. The van der Waals surface area contributed by atoms with Crippen LogP contribution in [0.3, 0.4) is 0 Å². The summed E-state index contributed by atoms with van der Waals surface area (Å²) in [7, 11) is -4.20. The summed E-state index contributed by atoms with van der Waals surface area (Å²) >= 11 is 0. The normalized spacial score (nSPS) is 19.9. The molecule has 0 aromatic heterocycles. The summed E-state index contributed by atoms with van der Waals surface area (Å²) in [6, 6.07) is 0.166. The SMILES string of the molecule is Cl.NCC1CCCN1S(=O)(=O)c1cc(F)c(F)cc1F. The van der Waals surface area contributed by atoms with Crippen molar-refractivity contribution in [2.75, 3.05) is 13.1 Å². The van der Waals surface area contributed by atoms with E-state index in [0.29, 0.717) is 18.9 Å². The minimum Gasteiger partial charge on any atom is -0.329 e. The van der Waals surface area contributed by atoms with E-state index in [0.717, 1.165) is 4.31 Å². The lowest BCUT2D eigenvalue weighted by Crippen LogP contribution is -2.40. The van der Waals surface area contributed by atoms with Crippen LogP contribution in [-0.4, -0.2) is 31.9 Å². The molecule has 0 radical (unpaired) electrons. The van der Waals surface area contributed by atoms with E-state index in [4.69, 9.17) is 5.73 Å². The van der Waals surface area contributed by atoms with Gasteiger partial charge in [0.25, 0.3) is 0 Å². The van der Waals surface area contributed by atoms with E-state index < -0.39 is 38.4 Å². The van der Waals surface area contributed by atoms with Crippen LogP contribution in [-0.2, 0) is 10.0 Å². The Bertz CT molecular complexity index is 598. The van der Waals surface area contributed by atoms with Gasteiger partial charge >= 0.3 is 0 Å². The number of nitrogens with zero attached hydrogens (tertiary/aromatic N) is 1. The van der Waals surface area contributed by atoms with Gasteiger partial charge in [0.1, 0.15) is 10.7 Å². The second kappa shape index (κ2) is 6.30. The summed E-state index contributed by atoms with van der Waals surface area (Å²) in [5, 5.41) is 0. The highest BCUT2D eigenvalue weighted by atomic mass is 35.5. The summed E-state index contributed by atoms with van der Waals surface area (Å²) in [6.45, 7) is 0.299. The van der Waals surface area contributed by atoms with Crippen LogP contribution in [0.15, 0.2) is 17.0 Å². The molecular formula is C11H14ClF3N2O2S. The van der Waals surface area contributed by atoms with Crippen molar-refractivity contribution in [3.8, 4) is 0 Å². The molecule has 1 saturated heterocycles. The zero-order chi connectivity index (χ0) is 14.2. The molecule has 1 aliphatic rings. The molecule has 1 aliphatic heterocycles. The molecule has 20 heavy (non-hydrogen) atoms. The highest BCUT2D eigenvalue weighted by Crippen LogP contribution is 2.28. The van der Waals surface area contributed by atoms with Crippen molar-refractivity contribution >= 4 is 22.4 Å². The van der Waals surface area contributed by atoms with Gasteiger partial charge in [-0.05, 0) is 18.9 Å². The molecule has 1 atom stereocenters. The third-order valence-corrected chi connectivity index (χ3v) is 5.12. The van der Waals surface area contributed by atoms with Gasteiger partial charge in [-0.15, -0.1) is 12.4 Å². The van der Waals surface area contributed by atoms with Crippen LogP contribution in [0.1, 0.15) is 12.8 Å². The molecule has 1 aromatic carbocycles. The van der Waals surface area contributed by atoms with E-state index in [1.165, 1.54) is 0 Å². The molecule has 1 fully saturated rings. The van der Waals surface area contributed by atoms with Crippen molar-refractivity contribution < 1.29 is 21.6 Å². The Hall–Kier alpha value is -0.830. The third kappa shape index (κ3) is 2.93. The Morgan fingerprint density at radius 1 is 1.20 bits per heavy atom. The minimum atomic E-state index is -4.20. The predicted molar refractivity (Wildman–Crippen MR) is 69.5 cm³/mol. The largest absolute Gasteiger partial charge is 0.329 e.